The third-order valence-corrected chi connectivity index (χ3v) is 5.62. The fourth-order valence-electron chi connectivity index (χ4n) is 3.67. The molecule has 0 atom stereocenters. The maximum absolute atomic E-state index is 12.4. The molecule has 1 aliphatic carbocycles. The molecule has 2 aliphatic rings. The molecule has 1 saturated carbocycles. The Bertz CT molecular complexity index is 608. The Hall–Kier alpha value is -1.82. The number of rotatable bonds is 3. The van der Waals surface area contributed by atoms with Gasteiger partial charge in [-0.3, -0.25) is 4.79 Å². The van der Waals surface area contributed by atoms with E-state index in [-0.39, 0.29) is 17.6 Å². The second-order valence-corrected chi connectivity index (χ2v) is 7.44. The maximum Gasteiger partial charge on any atom is 0.227 e. The SMILES string of the molecule is O=C(Nc1ccccc1O)C1CCN(C(=S)NC2CCCCC2)CC1. The molecule has 1 aromatic carbocycles. The number of hydrogen-bond acceptors (Lipinski definition) is 3. The molecular formula is C19H27N3O2S. The monoisotopic (exact) mass is 361 g/mol. The van der Waals surface area contributed by atoms with Gasteiger partial charge in [0.05, 0.1) is 5.69 Å². The summed E-state index contributed by atoms with van der Waals surface area (Å²) in [7, 11) is 0. The van der Waals surface area contributed by atoms with Crippen LogP contribution in [0.5, 0.6) is 5.75 Å². The van der Waals surface area contributed by atoms with Crippen molar-refractivity contribution in [2.24, 2.45) is 5.92 Å². The van der Waals surface area contributed by atoms with Crippen LogP contribution in [-0.4, -0.2) is 40.2 Å². The van der Waals surface area contributed by atoms with Gasteiger partial charge >= 0.3 is 0 Å². The minimum absolute atomic E-state index is 0.0210. The first-order valence-electron chi connectivity index (χ1n) is 9.28. The number of phenols is 1. The minimum Gasteiger partial charge on any atom is -0.506 e. The molecule has 1 heterocycles. The van der Waals surface area contributed by atoms with Crippen molar-refractivity contribution >= 4 is 28.9 Å². The highest BCUT2D eigenvalue weighted by Crippen LogP contribution is 2.25. The van der Waals surface area contributed by atoms with Gasteiger partial charge in [0.1, 0.15) is 5.75 Å². The van der Waals surface area contributed by atoms with Crippen LogP contribution in [-0.2, 0) is 4.79 Å². The van der Waals surface area contributed by atoms with E-state index < -0.39 is 0 Å². The lowest BCUT2D eigenvalue weighted by molar-refractivity contribution is -0.121. The van der Waals surface area contributed by atoms with Crippen LogP contribution < -0.4 is 10.6 Å². The van der Waals surface area contributed by atoms with Crippen LogP contribution >= 0.6 is 12.2 Å². The number of nitrogens with zero attached hydrogens (tertiary/aromatic N) is 1. The lowest BCUT2D eigenvalue weighted by Crippen LogP contribution is -2.49. The third kappa shape index (κ3) is 4.84. The van der Waals surface area contributed by atoms with Crippen LogP contribution in [0.15, 0.2) is 24.3 Å². The lowest BCUT2D eigenvalue weighted by Gasteiger charge is -2.35. The molecule has 0 radical (unpaired) electrons. The number of phenolic OH excluding ortho intramolecular Hbond substituents is 1. The number of para-hydroxylation sites is 2. The Morgan fingerprint density at radius 3 is 2.44 bits per heavy atom. The van der Waals surface area contributed by atoms with E-state index in [1.807, 2.05) is 0 Å². The van der Waals surface area contributed by atoms with Gasteiger partial charge in [-0.05, 0) is 50.0 Å². The zero-order valence-electron chi connectivity index (χ0n) is 14.5. The highest BCUT2D eigenvalue weighted by atomic mass is 32.1. The Morgan fingerprint density at radius 2 is 1.76 bits per heavy atom. The van der Waals surface area contributed by atoms with E-state index in [1.165, 1.54) is 32.1 Å². The number of thiocarbonyl (C=S) groups is 1. The van der Waals surface area contributed by atoms with Crippen molar-refractivity contribution in [1.29, 1.82) is 0 Å². The van der Waals surface area contributed by atoms with E-state index in [9.17, 15) is 9.90 Å². The fourth-order valence-corrected chi connectivity index (χ4v) is 4.02. The summed E-state index contributed by atoms with van der Waals surface area (Å²) in [5, 5.41) is 17.0. The van der Waals surface area contributed by atoms with Crippen LogP contribution in [0.1, 0.15) is 44.9 Å². The zero-order valence-corrected chi connectivity index (χ0v) is 15.4. The summed E-state index contributed by atoms with van der Waals surface area (Å²) >= 11 is 5.56. The van der Waals surface area contributed by atoms with Crippen molar-refractivity contribution in [3.63, 3.8) is 0 Å². The number of likely N-dealkylation sites (tertiary alicyclic amines) is 1. The van der Waals surface area contributed by atoms with Gasteiger partial charge in [-0.15, -0.1) is 0 Å². The Kier molecular flexibility index (Phi) is 6.13. The van der Waals surface area contributed by atoms with Crippen molar-refractivity contribution < 1.29 is 9.90 Å². The van der Waals surface area contributed by atoms with Crippen LogP contribution in [0, 0.1) is 5.92 Å². The van der Waals surface area contributed by atoms with E-state index >= 15 is 0 Å². The number of anilines is 1. The number of piperidine rings is 1. The number of hydrogen-bond donors (Lipinski definition) is 3. The number of benzene rings is 1. The summed E-state index contributed by atoms with van der Waals surface area (Å²) in [5.74, 6) is 0.0480. The molecule has 3 N–H and O–H groups in total. The van der Waals surface area contributed by atoms with Gasteiger partial charge in [0.2, 0.25) is 5.91 Å². The molecule has 0 spiro atoms. The Morgan fingerprint density at radius 1 is 1.08 bits per heavy atom. The predicted molar refractivity (Wildman–Crippen MR) is 104 cm³/mol. The predicted octanol–water partition coefficient (Wildman–Crippen LogP) is 3.25. The van der Waals surface area contributed by atoms with Crippen LogP contribution in [0.3, 0.4) is 0 Å². The van der Waals surface area contributed by atoms with Gasteiger partial charge in [-0.1, -0.05) is 31.4 Å². The summed E-state index contributed by atoms with van der Waals surface area (Å²) in [6.45, 7) is 1.61. The van der Waals surface area contributed by atoms with Crippen LogP contribution in [0.4, 0.5) is 5.69 Å². The second kappa shape index (κ2) is 8.52. The molecular weight excluding hydrogens is 334 g/mol. The van der Waals surface area contributed by atoms with E-state index in [1.54, 1.807) is 24.3 Å². The van der Waals surface area contributed by atoms with Gasteiger partial charge in [-0.25, -0.2) is 0 Å². The topological polar surface area (TPSA) is 64.6 Å². The summed E-state index contributed by atoms with van der Waals surface area (Å²) in [6, 6.07) is 7.35. The first-order chi connectivity index (χ1) is 12.1. The summed E-state index contributed by atoms with van der Waals surface area (Å²) in [4.78, 5) is 14.6. The van der Waals surface area contributed by atoms with Crippen molar-refractivity contribution in [3.05, 3.63) is 24.3 Å². The molecule has 6 heteroatoms. The molecule has 1 aromatic rings. The van der Waals surface area contributed by atoms with Crippen LogP contribution in [0.25, 0.3) is 0 Å². The molecule has 1 saturated heterocycles. The molecule has 0 bridgehead atoms. The van der Waals surface area contributed by atoms with Gasteiger partial charge in [0.15, 0.2) is 5.11 Å². The number of aromatic hydroxyl groups is 1. The molecule has 1 amide bonds. The average molecular weight is 362 g/mol. The van der Waals surface area contributed by atoms with E-state index in [0.717, 1.165) is 31.0 Å². The highest BCUT2D eigenvalue weighted by Gasteiger charge is 2.27. The number of carbonyl (C=O) groups is 1. The van der Waals surface area contributed by atoms with E-state index in [0.29, 0.717) is 11.7 Å². The van der Waals surface area contributed by atoms with Crippen LogP contribution in [0.2, 0.25) is 0 Å². The quantitative estimate of drug-likeness (QED) is 0.570. The first kappa shape index (κ1) is 18.0. The normalized spacial score (nSPS) is 19.4. The zero-order chi connectivity index (χ0) is 17.6. The molecule has 25 heavy (non-hydrogen) atoms. The Balaban J connectivity index is 1.45. The van der Waals surface area contributed by atoms with Crippen molar-refractivity contribution in [2.75, 3.05) is 18.4 Å². The van der Waals surface area contributed by atoms with Gasteiger partial charge in [0.25, 0.3) is 0 Å². The van der Waals surface area contributed by atoms with Crippen molar-refractivity contribution in [1.82, 2.24) is 10.2 Å². The summed E-state index contributed by atoms with van der Waals surface area (Å²) < 4.78 is 0. The summed E-state index contributed by atoms with van der Waals surface area (Å²) in [5.41, 5.74) is 0.476. The van der Waals surface area contributed by atoms with E-state index in [4.69, 9.17) is 12.2 Å². The van der Waals surface area contributed by atoms with Gasteiger partial charge in [-0.2, -0.15) is 0 Å². The largest absolute Gasteiger partial charge is 0.506 e. The molecule has 0 unspecified atom stereocenters. The minimum atomic E-state index is -0.0339. The molecule has 2 fully saturated rings. The highest BCUT2D eigenvalue weighted by molar-refractivity contribution is 7.80. The number of carbonyl (C=O) groups excluding carboxylic acids is 1. The fraction of sp³-hybridized carbons (Fsp3) is 0.579. The molecule has 1 aliphatic heterocycles. The number of nitrogens with one attached hydrogen (secondary N) is 2. The maximum atomic E-state index is 12.4. The lowest BCUT2D eigenvalue weighted by atomic mass is 9.95. The third-order valence-electron chi connectivity index (χ3n) is 5.25. The van der Waals surface area contributed by atoms with Crippen molar-refractivity contribution in [2.45, 2.75) is 51.0 Å². The average Bonchev–Trinajstić information content (AvgIpc) is 2.64. The molecule has 0 aromatic heterocycles. The summed E-state index contributed by atoms with van der Waals surface area (Å²) in [6.07, 6.45) is 7.89. The molecule has 5 nitrogen and oxygen atoms in total. The smallest absolute Gasteiger partial charge is 0.227 e. The van der Waals surface area contributed by atoms with Crippen molar-refractivity contribution in [3.8, 4) is 5.75 Å². The Labute approximate surface area is 154 Å². The number of amides is 1. The van der Waals surface area contributed by atoms with Gasteiger partial charge in [0, 0.05) is 25.0 Å². The standard InChI is InChI=1S/C19H27N3O2S/c23-17-9-5-4-8-16(17)21-18(24)14-10-12-22(13-11-14)19(25)20-15-6-2-1-3-7-15/h4-5,8-9,14-15,23H,1-3,6-7,10-13H2,(H,20,25)(H,21,24). The first-order valence-corrected chi connectivity index (χ1v) is 9.68. The molecule has 136 valence electrons. The van der Waals surface area contributed by atoms with E-state index in [2.05, 4.69) is 15.5 Å². The molecule has 3 rings (SSSR count). The second-order valence-electron chi connectivity index (χ2n) is 7.05. The van der Waals surface area contributed by atoms with Gasteiger partial charge < -0.3 is 20.6 Å².